The lowest BCUT2D eigenvalue weighted by Gasteiger charge is -2.13. The van der Waals surface area contributed by atoms with Crippen LogP contribution in [0.1, 0.15) is 35.2 Å². The Morgan fingerprint density at radius 1 is 0.905 bits per heavy atom. The number of benzene rings is 3. The van der Waals surface area contributed by atoms with Crippen molar-refractivity contribution in [3.8, 4) is 0 Å². The normalized spacial score (nSPS) is 17.0. The number of amides is 3. The Hall–Kier alpha value is -2.66. The maximum absolute atomic E-state index is 15.1. The van der Waals surface area contributed by atoms with Crippen LogP contribution in [0, 0.1) is 17.6 Å². The first-order valence-electron chi connectivity index (χ1n) is 12.4. The van der Waals surface area contributed by atoms with E-state index >= 15 is 4.39 Å². The quantitative estimate of drug-likeness (QED) is 0.149. The van der Waals surface area contributed by atoms with E-state index in [1.54, 1.807) is 25.1 Å². The summed E-state index contributed by atoms with van der Waals surface area (Å²) in [6, 6.07) is 10.8. The van der Waals surface area contributed by atoms with Gasteiger partial charge in [0.15, 0.2) is 5.82 Å². The van der Waals surface area contributed by atoms with E-state index in [-0.39, 0.29) is 34.3 Å². The zero-order chi connectivity index (χ0) is 30.8. The van der Waals surface area contributed by atoms with Gasteiger partial charge in [-0.2, -0.15) is 0 Å². The molecule has 0 radical (unpaired) electrons. The molecule has 42 heavy (non-hydrogen) atoms. The molecule has 0 aliphatic heterocycles. The number of hydrogen-bond donors (Lipinski definition) is 3. The van der Waals surface area contributed by atoms with Crippen LogP contribution in [0.5, 0.6) is 0 Å². The SMILES string of the molecule is CCOCCC(=O)Nc1c(F)ccc(NC(=O)c2cc(NC(=O)[C@H]3[C@H](c4ccc(Cl)c(Cl)c4)C3(Cl)Cl)ccc2Cl)c1F. The Kier molecular flexibility index (Phi) is 10.2. The maximum Gasteiger partial charge on any atom is 0.257 e. The van der Waals surface area contributed by atoms with Crippen molar-refractivity contribution >= 4 is 92.8 Å². The largest absolute Gasteiger partial charge is 0.381 e. The van der Waals surface area contributed by atoms with Crippen molar-refractivity contribution in [2.75, 3.05) is 29.2 Å². The molecule has 1 aliphatic carbocycles. The molecule has 0 bridgehead atoms. The van der Waals surface area contributed by atoms with Gasteiger partial charge in [0.1, 0.15) is 15.8 Å². The Morgan fingerprint density at radius 2 is 1.62 bits per heavy atom. The highest BCUT2D eigenvalue weighted by molar-refractivity contribution is 6.53. The molecule has 0 spiro atoms. The van der Waals surface area contributed by atoms with Crippen molar-refractivity contribution in [3.05, 3.63) is 86.4 Å². The van der Waals surface area contributed by atoms with Gasteiger partial charge >= 0.3 is 0 Å². The van der Waals surface area contributed by atoms with Crippen LogP contribution in [0.15, 0.2) is 48.5 Å². The molecule has 0 aromatic heterocycles. The average Bonchev–Trinajstić information content (AvgIpc) is 3.52. The zero-order valence-electron chi connectivity index (χ0n) is 21.7. The van der Waals surface area contributed by atoms with E-state index in [1.165, 1.54) is 18.2 Å². The molecule has 2 atom stereocenters. The van der Waals surface area contributed by atoms with E-state index in [0.717, 1.165) is 12.1 Å². The fraction of sp³-hybridized carbons (Fsp3) is 0.250. The van der Waals surface area contributed by atoms with E-state index in [2.05, 4.69) is 16.0 Å². The van der Waals surface area contributed by atoms with Crippen molar-refractivity contribution in [1.29, 1.82) is 0 Å². The summed E-state index contributed by atoms with van der Waals surface area (Å²) in [6.07, 6.45) is -0.124. The van der Waals surface area contributed by atoms with Crippen molar-refractivity contribution < 1.29 is 27.9 Å². The molecule has 7 nitrogen and oxygen atoms in total. The minimum Gasteiger partial charge on any atom is -0.381 e. The highest BCUT2D eigenvalue weighted by Gasteiger charge is 2.67. The lowest BCUT2D eigenvalue weighted by molar-refractivity contribution is -0.118. The second kappa shape index (κ2) is 13.3. The van der Waals surface area contributed by atoms with Gasteiger partial charge in [-0.15, -0.1) is 23.2 Å². The van der Waals surface area contributed by atoms with Gasteiger partial charge in [0.2, 0.25) is 11.8 Å². The standard InChI is InChI=1S/C28H22Cl5F2N3O4/c1-2-42-10-9-21(39)38-25-19(34)7-8-20(24(25)35)37-26(40)15-12-14(4-6-16(15)29)36-27(41)23-22(28(23,32)33)13-3-5-17(30)18(31)11-13/h3-8,11-12,22-23H,2,9-10H2,1H3,(H,36,41)(H,37,40)(H,38,39)/t22-,23+/m0/s1. The molecule has 222 valence electrons. The number of nitrogens with one attached hydrogen (secondary N) is 3. The number of hydrogen-bond acceptors (Lipinski definition) is 4. The first-order valence-corrected chi connectivity index (χ1v) is 14.3. The molecule has 1 aliphatic rings. The molecule has 4 rings (SSSR count). The molecule has 14 heteroatoms. The molecule has 0 heterocycles. The molecule has 1 fully saturated rings. The zero-order valence-corrected chi connectivity index (χ0v) is 25.5. The van der Waals surface area contributed by atoms with Crippen molar-refractivity contribution in [3.63, 3.8) is 0 Å². The summed E-state index contributed by atoms with van der Waals surface area (Å²) < 4.78 is 33.0. The van der Waals surface area contributed by atoms with Crippen molar-refractivity contribution in [1.82, 2.24) is 0 Å². The third-order valence-electron chi connectivity index (χ3n) is 6.40. The third-order valence-corrected chi connectivity index (χ3v) is 8.41. The van der Waals surface area contributed by atoms with E-state index in [0.29, 0.717) is 17.2 Å². The van der Waals surface area contributed by atoms with Gasteiger partial charge in [-0.3, -0.25) is 14.4 Å². The molecule has 3 aromatic carbocycles. The van der Waals surface area contributed by atoms with Gasteiger partial charge < -0.3 is 20.7 Å². The minimum absolute atomic E-state index is 0.0124. The number of anilines is 3. The predicted octanol–water partition coefficient (Wildman–Crippen LogP) is 8.07. The summed E-state index contributed by atoms with van der Waals surface area (Å²) in [7, 11) is 0. The molecule has 1 saturated carbocycles. The fourth-order valence-corrected chi connectivity index (χ4v) is 5.57. The van der Waals surface area contributed by atoms with E-state index in [1.807, 2.05) is 0 Å². The Balaban J connectivity index is 1.48. The van der Waals surface area contributed by atoms with Gasteiger partial charge in [0.05, 0.1) is 45.3 Å². The minimum atomic E-state index is -1.41. The number of alkyl halides is 2. The Bertz CT molecular complexity index is 1560. The number of halogens is 7. The van der Waals surface area contributed by atoms with Crippen LogP contribution in [0.25, 0.3) is 0 Å². The molecule has 0 saturated heterocycles. The number of ether oxygens (including phenoxy) is 1. The van der Waals surface area contributed by atoms with Crippen LogP contribution in [0.2, 0.25) is 15.1 Å². The first-order chi connectivity index (χ1) is 19.8. The molecule has 3 amide bonds. The van der Waals surface area contributed by atoms with Gasteiger partial charge in [-0.05, 0) is 55.0 Å². The lowest BCUT2D eigenvalue weighted by Crippen LogP contribution is -2.19. The van der Waals surface area contributed by atoms with Crippen molar-refractivity contribution in [2.45, 2.75) is 23.6 Å². The molecule has 0 unspecified atom stereocenters. The third kappa shape index (κ3) is 7.10. The summed E-state index contributed by atoms with van der Waals surface area (Å²) in [4.78, 5) is 38.1. The van der Waals surface area contributed by atoms with Gasteiger partial charge in [-0.25, -0.2) is 8.78 Å². The molecular weight excluding hydrogens is 658 g/mol. The number of rotatable bonds is 10. The summed E-state index contributed by atoms with van der Waals surface area (Å²) in [6.45, 7) is 2.19. The second-order valence-electron chi connectivity index (χ2n) is 9.22. The maximum atomic E-state index is 15.1. The second-order valence-corrected chi connectivity index (χ2v) is 11.9. The van der Waals surface area contributed by atoms with E-state index < -0.39 is 56.9 Å². The highest BCUT2D eigenvalue weighted by Crippen LogP contribution is 2.65. The van der Waals surface area contributed by atoms with Crippen LogP contribution < -0.4 is 16.0 Å². The van der Waals surface area contributed by atoms with Gasteiger partial charge in [0, 0.05) is 18.2 Å². The van der Waals surface area contributed by atoms with Crippen LogP contribution >= 0.6 is 58.0 Å². The smallest absolute Gasteiger partial charge is 0.257 e. The predicted molar refractivity (Wildman–Crippen MR) is 161 cm³/mol. The Labute approximate surface area is 264 Å². The van der Waals surface area contributed by atoms with Crippen LogP contribution in [-0.4, -0.2) is 35.3 Å². The summed E-state index contributed by atoms with van der Waals surface area (Å²) in [5, 5.41) is 7.72. The summed E-state index contributed by atoms with van der Waals surface area (Å²) >= 11 is 31.1. The topological polar surface area (TPSA) is 96.5 Å². The first kappa shape index (κ1) is 32.3. The Morgan fingerprint density at radius 3 is 2.31 bits per heavy atom. The number of carbonyl (C=O) groups is 3. The molecular formula is C28H22Cl5F2N3O4. The van der Waals surface area contributed by atoms with Gasteiger partial charge in [0.25, 0.3) is 5.91 Å². The monoisotopic (exact) mass is 677 g/mol. The number of carbonyl (C=O) groups excluding carboxylic acids is 3. The van der Waals surface area contributed by atoms with Crippen LogP contribution in [-0.2, 0) is 14.3 Å². The van der Waals surface area contributed by atoms with Crippen LogP contribution in [0.4, 0.5) is 25.8 Å². The fourth-order valence-electron chi connectivity index (χ4n) is 4.23. The highest BCUT2D eigenvalue weighted by atomic mass is 35.5. The molecule has 3 aromatic rings. The van der Waals surface area contributed by atoms with E-state index in [4.69, 9.17) is 62.7 Å². The summed E-state index contributed by atoms with van der Waals surface area (Å²) in [5.74, 6) is -5.71. The van der Waals surface area contributed by atoms with Crippen molar-refractivity contribution in [2.24, 2.45) is 5.92 Å². The van der Waals surface area contributed by atoms with Gasteiger partial charge in [-0.1, -0.05) is 40.9 Å². The summed E-state index contributed by atoms with van der Waals surface area (Å²) in [5.41, 5.74) is -0.464. The lowest BCUT2D eigenvalue weighted by atomic mass is 10.1. The van der Waals surface area contributed by atoms with Crippen LogP contribution in [0.3, 0.4) is 0 Å². The molecule has 3 N–H and O–H groups in total. The van der Waals surface area contributed by atoms with E-state index in [9.17, 15) is 18.8 Å². The average molecular weight is 680 g/mol.